The van der Waals surface area contributed by atoms with E-state index in [-0.39, 0.29) is 5.97 Å². The Bertz CT molecular complexity index is 1320. The van der Waals surface area contributed by atoms with Gasteiger partial charge >= 0.3 is 5.97 Å². The summed E-state index contributed by atoms with van der Waals surface area (Å²) >= 11 is 3.67. The molecule has 0 fully saturated rings. The first-order chi connectivity index (χ1) is 15.5. The normalized spacial score (nSPS) is 11.1. The molecule has 4 rings (SSSR count). The highest BCUT2D eigenvalue weighted by molar-refractivity contribution is 9.10. The summed E-state index contributed by atoms with van der Waals surface area (Å²) in [6.07, 6.45) is 1.60. The van der Waals surface area contributed by atoms with E-state index < -0.39 is 0 Å². The van der Waals surface area contributed by atoms with Crippen LogP contribution >= 0.6 is 15.9 Å². The number of ether oxygens (including phenoxy) is 1. The zero-order valence-corrected chi connectivity index (χ0v) is 19.7. The number of hydrogen-bond acceptors (Lipinski definition) is 5. The molecule has 0 bridgehead atoms. The predicted octanol–water partition coefficient (Wildman–Crippen LogP) is 5.97. The molecular formula is C25H23BrN2O4. The zero-order valence-electron chi connectivity index (χ0n) is 18.1. The topological polar surface area (TPSA) is 74.3 Å². The van der Waals surface area contributed by atoms with Crippen molar-refractivity contribution >= 4 is 39.2 Å². The number of aromatic nitrogens is 2. The molecule has 0 saturated heterocycles. The monoisotopic (exact) mass is 494 g/mol. The van der Waals surface area contributed by atoms with Crippen molar-refractivity contribution in [3.8, 4) is 11.3 Å². The molecule has 2 aromatic carbocycles. The van der Waals surface area contributed by atoms with Crippen LogP contribution in [0.25, 0.3) is 22.3 Å². The first-order valence-electron chi connectivity index (χ1n) is 10.5. The number of fused-ring (bicyclic) bond motifs is 1. The molecule has 0 amide bonds. The number of carbonyl (C=O) groups excluding carboxylic acids is 2. The van der Waals surface area contributed by atoms with Crippen LogP contribution < -0.4 is 0 Å². The van der Waals surface area contributed by atoms with E-state index in [9.17, 15) is 9.59 Å². The lowest BCUT2D eigenvalue weighted by Crippen LogP contribution is -2.08. The van der Waals surface area contributed by atoms with E-state index in [0.29, 0.717) is 41.3 Å². The molecule has 0 N–H and O–H groups in total. The minimum absolute atomic E-state index is 0.300. The van der Waals surface area contributed by atoms with Crippen molar-refractivity contribution in [3.05, 3.63) is 75.3 Å². The number of hydrogen-bond donors (Lipinski definition) is 0. The second-order valence-electron chi connectivity index (χ2n) is 7.40. The minimum atomic E-state index is -0.389. The molecule has 2 aromatic heterocycles. The number of benzene rings is 2. The standard InChI is InChI=1S/C25H23BrN2O4/c1-4-22-27-15(3)20(14-29)28(22)13-16-10-11-21-19(12-16)23(26)24(32-21)17-8-6-7-9-18(17)25(30)31-5-2/h6-12,14H,4-5,13H2,1-3H3. The molecule has 0 saturated carbocycles. The maximum atomic E-state index is 12.4. The number of furan rings is 1. The Labute approximate surface area is 194 Å². The van der Waals surface area contributed by atoms with Gasteiger partial charge in [0.25, 0.3) is 0 Å². The van der Waals surface area contributed by atoms with Gasteiger partial charge in [-0.1, -0.05) is 31.2 Å². The Balaban J connectivity index is 1.77. The molecule has 0 aliphatic rings. The zero-order chi connectivity index (χ0) is 22.8. The van der Waals surface area contributed by atoms with Crippen LogP contribution in [-0.4, -0.2) is 28.4 Å². The van der Waals surface area contributed by atoms with Crippen molar-refractivity contribution in [1.29, 1.82) is 0 Å². The van der Waals surface area contributed by atoms with Gasteiger partial charge < -0.3 is 13.7 Å². The van der Waals surface area contributed by atoms with Crippen molar-refractivity contribution < 1.29 is 18.7 Å². The lowest BCUT2D eigenvalue weighted by molar-refractivity contribution is 0.0527. The summed E-state index contributed by atoms with van der Waals surface area (Å²) in [5.74, 6) is 1.06. The summed E-state index contributed by atoms with van der Waals surface area (Å²) in [7, 11) is 0. The summed E-state index contributed by atoms with van der Waals surface area (Å²) in [6.45, 7) is 6.48. The summed E-state index contributed by atoms with van der Waals surface area (Å²) in [5.41, 5.74) is 4.16. The maximum Gasteiger partial charge on any atom is 0.338 e. The fraction of sp³-hybridized carbons (Fsp3) is 0.240. The number of halogens is 1. The second kappa shape index (κ2) is 9.12. The summed E-state index contributed by atoms with van der Waals surface area (Å²) in [4.78, 5) is 28.6. The van der Waals surface area contributed by atoms with Crippen LogP contribution in [0.3, 0.4) is 0 Å². The molecular weight excluding hydrogens is 472 g/mol. The number of aryl methyl sites for hydroxylation is 2. The SMILES string of the molecule is CCOC(=O)c1ccccc1-c1oc2ccc(Cn3c(CC)nc(C)c3C=O)cc2c1Br. The Hall–Kier alpha value is -3.19. The first-order valence-corrected chi connectivity index (χ1v) is 11.3. The summed E-state index contributed by atoms with van der Waals surface area (Å²) in [6, 6.07) is 13.1. The van der Waals surface area contributed by atoms with Crippen molar-refractivity contribution in [2.24, 2.45) is 0 Å². The molecule has 0 aliphatic carbocycles. The van der Waals surface area contributed by atoms with Crippen LogP contribution in [0.15, 0.2) is 51.4 Å². The highest BCUT2D eigenvalue weighted by Crippen LogP contribution is 2.39. The Morgan fingerprint density at radius 3 is 2.72 bits per heavy atom. The van der Waals surface area contributed by atoms with Crippen LogP contribution in [-0.2, 0) is 17.7 Å². The molecule has 32 heavy (non-hydrogen) atoms. The molecule has 0 aliphatic heterocycles. The fourth-order valence-electron chi connectivity index (χ4n) is 3.88. The number of rotatable bonds is 7. The smallest absolute Gasteiger partial charge is 0.338 e. The summed E-state index contributed by atoms with van der Waals surface area (Å²) < 4.78 is 14.0. The van der Waals surface area contributed by atoms with Crippen LogP contribution in [0, 0.1) is 6.92 Å². The second-order valence-corrected chi connectivity index (χ2v) is 8.19. The number of aldehydes is 1. The van der Waals surface area contributed by atoms with E-state index in [1.165, 1.54) is 0 Å². The Morgan fingerprint density at radius 1 is 1.22 bits per heavy atom. The van der Waals surface area contributed by atoms with Gasteiger partial charge in [0.15, 0.2) is 6.29 Å². The van der Waals surface area contributed by atoms with E-state index in [1.807, 2.05) is 48.7 Å². The predicted molar refractivity (Wildman–Crippen MR) is 126 cm³/mol. The van der Waals surface area contributed by atoms with E-state index >= 15 is 0 Å². The van der Waals surface area contributed by atoms with Crippen LogP contribution in [0.4, 0.5) is 0 Å². The minimum Gasteiger partial charge on any atom is -0.462 e. The molecule has 4 aromatic rings. The molecule has 2 heterocycles. The summed E-state index contributed by atoms with van der Waals surface area (Å²) in [5, 5.41) is 0.888. The van der Waals surface area contributed by atoms with Gasteiger partial charge in [0.1, 0.15) is 22.9 Å². The van der Waals surface area contributed by atoms with Gasteiger partial charge in [0.05, 0.1) is 22.3 Å². The molecule has 7 heteroatoms. The number of carbonyl (C=O) groups is 2. The third kappa shape index (κ3) is 3.88. The number of nitrogens with zero attached hydrogens (tertiary/aromatic N) is 2. The van der Waals surface area contributed by atoms with Gasteiger partial charge in [0.2, 0.25) is 0 Å². The molecule has 6 nitrogen and oxygen atoms in total. The van der Waals surface area contributed by atoms with E-state index in [2.05, 4.69) is 20.9 Å². The van der Waals surface area contributed by atoms with Crippen LogP contribution in [0.2, 0.25) is 0 Å². The van der Waals surface area contributed by atoms with E-state index in [1.54, 1.807) is 19.1 Å². The molecule has 0 spiro atoms. The molecule has 0 radical (unpaired) electrons. The van der Waals surface area contributed by atoms with E-state index in [4.69, 9.17) is 9.15 Å². The van der Waals surface area contributed by atoms with Crippen molar-refractivity contribution in [3.63, 3.8) is 0 Å². The van der Waals surface area contributed by atoms with Gasteiger partial charge in [-0.05, 0) is 53.5 Å². The van der Waals surface area contributed by atoms with Gasteiger partial charge in [-0.2, -0.15) is 0 Å². The average Bonchev–Trinajstić information content (AvgIpc) is 3.29. The van der Waals surface area contributed by atoms with Crippen LogP contribution in [0.1, 0.15) is 51.8 Å². The lowest BCUT2D eigenvalue weighted by atomic mass is 10.0. The quantitative estimate of drug-likeness (QED) is 0.233. The first kappa shape index (κ1) is 22.0. The fourth-order valence-corrected chi connectivity index (χ4v) is 4.48. The molecule has 0 atom stereocenters. The van der Waals surface area contributed by atoms with Gasteiger partial charge in [0, 0.05) is 23.9 Å². The van der Waals surface area contributed by atoms with Crippen LogP contribution in [0.5, 0.6) is 0 Å². The maximum absolute atomic E-state index is 12.4. The van der Waals surface area contributed by atoms with E-state index in [0.717, 1.165) is 39.6 Å². The molecule has 0 unspecified atom stereocenters. The number of imidazole rings is 1. The molecule has 164 valence electrons. The lowest BCUT2D eigenvalue weighted by Gasteiger charge is -2.09. The third-order valence-electron chi connectivity index (χ3n) is 5.40. The third-order valence-corrected chi connectivity index (χ3v) is 6.18. The van der Waals surface area contributed by atoms with Gasteiger partial charge in [-0.3, -0.25) is 4.79 Å². The highest BCUT2D eigenvalue weighted by Gasteiger charge is 2.21. The Morgan fingerprint density at radius 2 is 2.00 bits per heavy atom. The Kier molecular flexibility index (Phi) is 6.28. The van der Waals surface area contributed by atoms with Gasteiger partial charge in [-0.25, -0.2) is 9.78 Å². The van der Waals surface area contributed by atoms with Crippen molar-refractivity contribution in [1.82, 2.24) is 9.55 Å². The average molecular weight is 495 g/mol. The largest absolute Gasteiger partial charge is 0.462 e. The number of esters is 1. The van der Waals surface area contributed by atoms with Crippen molar-refractivity contribution in [2.75, 3.05) is 6.61 Å². The van der Waals surface area contributed by atoms with Gasteiger partial charge in [-0.15, -0.1) is 0 Å². The van der Waals surface area contributed by atoms with Crippen molar-refractivity contribution in [2.45, 2.75) is 33.7 Å². The highest BCUT2D eigenvalue weighted by atomic mass is 79.9.